The zero-order valence-electron chi connectivity index (χ0n) is 20.0. The van der Waals surface area contributed by atoms with Gasteiger partial charge in [0.1, 0.15) is 0 Å². The number of rotatable bonds is 1. The van der Waals surface area contributed by atoms with E-state index >= 15 is 0 Å². The highest BCUT2D eigenvalue weighted by molar-refractivity contribution is 6.02. The third-order valence-corrected chi connectivity index (χ3v) is 7.88. The van der Waals surface area contributed by atoms with Crippen molar-refractivity contribution in [3.05, 3.63) is 119 Å². The van der Waals surface area contributed by atoms with Gasteiger partial charge in [-0.1, -0.05) is 54.1 Å². The first kappa shape index (κ1) is 20.7. The molecule has 0 heterocycles. The van der Waals surface area contributed by atoms with Crippen LogP contribution in [0.25, 0.3) is 33.4 Å². The van der Waals surface area contributed by atoms with Gasteiger partial charge in [-0.05, 0) is 99.5 Å². The fraction of sp³-hybridized carbons (Fsp3) is 0.0625. The number of nitrogens with two attached hydrogens (primary N) is 4. The Bertz CT molecular complexity index is 1660. The Hall–Kier alpha value is -4.70. The van der Waals surface area contributed by atoms with Crippen LogP contribution in [-0.4, -0.2) is 0 Å². The molecule has 4 nitrogen and oxygen atoms in total. The predicted molar refractivity (Wildman–Crippen MR) is 151 cm³/mol. The molecule has 174 valence electrons. The summed E-state index contributed by atoms with van der Waals surface area (Å²) in [4.78, 5) is 0. The Morgan fingerprint density at radius 1 is 0.500 bits per heavy atom. The largest absolute Gasteiger partial charge is 0.399 e. The van der Waals surface area contributed by atoms with E-state index in [0.717, 1.165) is 61.3 Å². The molecule has 1 spiro atoms. The number of benzene rings is 5. The second kappa shape index (κ2) is 6.92. The summed E-state index contributed by atoms with van der Waals surface area (Å²) in [6, 6.07) is 31.3. The molecule has 0 bridgehead atoms. The number of hydrogen-bond donors (Lipinski definition) is 4. The second-order valence-corrected chi connectivity index (χ2v) is 9.98. The summed E-state index contributed by atoms with van der Waals surface area (Å²) < 4.78 is 0. The molecule has 36 heavy (non-hydrogen) atoms. The Morgan fingerprint density at radius 2 is 0.944 bits per heavy atom. The molecular formula is C32H26N4. The smallest absolute Gasteiger partial charge is 0.0734 e. The van der Waals surface area contributed by atoms with Gasteiger partial charge in [0.2, 0.25) is 0 Å². The van der Waals surface area contributed by atoms with Crippen molar-refractivity contribution < 1.29 is 0 Å². The lowest BCUT2D eigenvalue weighted by molar-refractivity contribution is 0.797. The summed E-state index contributed by atoms with van der Waals surface area (Å²) in [6.45, 7) is 2.09. The Labute approximate surface area is 210 Å². The van der Waals surface area contributed by atoms with E-state index in [2.05, 4.69) is 73.7 Å². The van der Waals surface area contributed by atoms with Gasteiger partial charge in [0.05, 0.1) is 5.41 Å². The lowest BCUT2D eigenvalue weighted by Crippen LogP contribution is -2.27. The Morgan fingerprint density at radius 3 is 1.44 bits per heavy atom. The van der Waals surface area contributed by atoms with Crippen molar-refractivity contribution in [1.29, 1.82) is 0 Å². The second-order valence-electron chi connectivity index (χ2n) is 9.98. The van der Waals surface area contributed by atoms with E-state index in [1.54, 1.807) is 0 Å². The fourth-order valence-electron chi connectivity index (χ4n) is 6.42. The minimum absolute atomic E-state index is 0.648. The van der Waals surface area contributed by atoms with Gasteiger partial charge in [0, 0.05) is 28.3 Å². The first-order valence-corrected chi connectivity index (χ1v) is 12.1. The maximum atomic E-state index is 6.81. The fourth-order valence-corrected chi connectivity index (χ4v) is 6.42. The molecule has 5 aromatic carbocycles. The molecule has 0 aliphatic heterocycles. The molecule has 7 rings (SSSR count). The monoisotopic (exact) mass is 466 g/mol. The lowest BCUT2D eigenvalue weighted by Gasteiger charge is -2.33. The van der Waals surface area contributed by atoms with Gasteiger partial charge in [-0.25, -0.2) is 0 Å². The lowest BCUT2D eigenvalue weighted by atomic mass is 9.68. The minimum atomic E-state index is -0.648. The summed E-state index contributed by atoms with van der Waals surface area (Å²) in [5.41, 5.74) is 40.8. The predicted octanol–water partition coefficient (Wildman–Crippen LogP) is 6.33. The highest BCUT2D eigenvalue weighted by Gasteiger charge is 2.53. The maximum Gasteiger partial charge on any atom is 0.0734 e. The quantitative estimate of drug-likeness (QED) is 0.212. The molecule has 0 atom stereocenters. The van der Waals surface area contributed by atoms with Gasteiger partial charge in [-0.3, -0.25) is 0 Å². The average Bonchev–Trinajstić information content (AvgIpc) is 3.30. The van der Waals surface area contributed by atoms with Crippen molar-refractivity contribution in [2.45, 2.75) is 12.3 Å². The normalized spacial score (nSPS) is 13.8. The van der Waals surface area contributed by atoms with Crippen LogP contribution in [0.2, 0.25) is 0 Å². The molecule has 0 radical (unpaired) electrons. The third-order valence-electron chi connectivity index (χ3n) is 7.88. The molecular weight excluding hydrogens is 440 g/mol. The molecule has 0 amide bonds. The SMILES string of the molecule is Cc1ccc(-c2c(N)ccc3c2C2(c4cc(N)ccc4-c4ccc(N)cc42)c2cc(N)ccc2-3)cc1. The minimum Gasteiger partial charge on any atom is -0.399 e. The van der Waals surface area contributed by atoms with Crippen LogP contribution in [0.5, 0.6) is 0 Å². The van der Waals surface area contributed by atoms with Crippen molar-refractivity contribution in [3.8, 4) is 33.4 Å². The van der Waals surface area contributed by atoms with Crippen LogP contribution in [0.15, 0.2) is 91.0 Å². The van der Waals surface area contributed by atoms with Crippen LogP contribution in [0.3, 0.4) is 0 Å². The topological polar surface area (TPSA) is 104 Å². The van der Waals surface area contributed by atoms with E-state index in [9.17, 15) is 0 Å². The van der Waals surface area contributed by atoms with Crippen LogP contribution in [-0.2, 0) is 5.41 Å². The van der Waals surface area contributed by atoms with E-state index < -0.39 is 5.41 Å². The standard InChI is InChI=1S/C32H26N4/c1-17-2-4-18(5-3-17)30-29(36)13-12-25-24-11-8-21(35)16-28(24)32(31(25)30)26-14-19(33)6-9-22(26)23-10-7-20(34)15-27(23)32/h2-16H,33-36H2,1H3. The number of nitrogen functional groups attached to an aromatic ring is 4. The molecule has 4 heteroatoms. The van der Waals surface area contributed by atoms with Gasteiger partial charge in [0.25, 0.3) is 0 Å². The number of anilines is 4. The summed E-state index contributed by atoms with van der Waals surface area (Å²) >= 11 is 0. The van der Waals surface area contributed by atoms with E-state index in [0.29, 0.717) is 17.1 Å². The molecule has 8 N–H and O–H groups in total. The summed E-state index contributed by atoms with van der Waals surface area (Å²) in [6.07, 6.45) is 0. The molecule has 0 aromatic heterocycles. The summed E-state index contributed by atoms with van der Waals surface area (Å²) in [5, 5.41) is 0. The van der Waals surface area contributed by atoms with Crippen molar-refractivity contribution in [2.75, 3.05) is 22.9 Å². The molecule has 2 aliphatic rings. The number of aryl methyl sites for hydroxylation is 1. The van der Waals surface area contributed by atoms with Crippen LogP contribution >= 0.6 is 0 Å². The van der Waals surface area contributed by atoms with Crippen LogP contribution in [0.4, 0.5) is 22.7 Å². The van der Waals surface area contributed by atoms with Crippen molar-refractivity contribution in [2.24, 2.45) is 0 Å². The molecule has 0 unspecified atom stereocenters. The summed E-state index contributed by atoms with van der Waals surface area (Å²) in [5.74, 6) is 0. The van der Waals surface area contributed by atoms with Gasteiger partial charge >= 0.3 is 0 Å². The van der Waals surface area contributed by atoms with Crippen molar-refractivity contribution in [1.82, 2.24) is 0 Å². The van der Waals surface area contributed by atoms with E-state index in [4.69, 9.17) is 22.9 Å². The number of fused-ring (bicyclic) bond motifs is 10. The van der Waals surface area contributed by atoms with Gasteiger partial charge < -0.3 is 22.9 Å². The zero-order valence-corrected chi connectivity index (χ0v) is 20.0. The highest BCUT2D eigenvalue weighted by atomic mass is 14.6. The average molecular weight is 467 g/mol. The third kappa shape index (κ3) is 2.48. The van der Waals surface area contributed by atoms with Crippen molar-refractivity contribution in [3.63, 3.8) is 0 Å². The maximum absolute atomic E-state index is 6.81. The van der Waals surface area contributed by atoms with Gasteiger partial charge in [-0.2, -0.15) is 0 Å². The van der Waals surface area contributed by atoms with E-state index in [-0.39, 0.29) is 0 Å². The van der Waals surface area contributed by atoms with Gasteiger partial charge in [-0.15, -0.1) is 0 Å². The number of hydrogen-bond acceptors (Lipinski definition) is 4. The molecule has 0 saturated carbocycles. The molecule has 2 aliphatic carbocycles. The first-order chi connectivity index (χ1) is 17.4. The summed E-state index contributed by atoms with van der Waals surface area (Å²) in [7, 11) is 0. The molecule has 0 fully saturated rings. The Kier molecular flexibility index (Phi) is 3.97. The van der Waals surface area contributed by atoms with Crippen LogP contribution in [0, 0.1) is 6.92 Å². The highest BCUT2D eigenvalue weighted by Crippen LogP contribution is 2.65. The van der Waals surface area contributed by atoms with E-state index in [1.165, 1.54) is 5.56 Å². The van der Waals surface area contributed by atoms with Crippen molar-refractivity contribution >= 4 is 22.7 Å². The van der Waals surface area contributed by atoms with Crippen LogP contribution in [0.1, 0.15) is 27.8 Å². The molecule has 0 saturated heterocycles. The Balaban J connectivity index is 1.73. The first-order valence-electron chi connectivity index (χ1n) is 12.1. The van der Waals surface area contributed by atoms with Crippen LogP contribution < -0.4 is 22.9 Å². The van der Waals surface area contributed by atoms with Gasteiger partial charge in [0.15, 0.2) is 0 Å². The zero-order chi connectivity index (χ0) is 24.8. The molecule has 5 aromatic rings. The van der Waals surface area contributed by atoms with E-state index in [1.807, 2.05) is 24.3 Å².